The highest BCUT2D eigenvalue weighted by atomic mass is 79.9. The van der Waals surface area contributed by atoms with E-state index in [-0.39, 0.29) is 5.82 Å². The summed E-state index contributed by atoms with van der Waals surface area (Å²) in [6.45, 7) is 5.36. The van der Waals surface area contributed by atoms with Gasteiger partial charge in [-0.05, 0) is 69.2 Å². The summed E-state index contributed by atoms with van der Waals surface area (Å²) >= 11 is 3.58. The Morgan fingerprint density at radius 3 is 2.95 bits per heavy atom. The van der Waals surface area contributed by atoms with Gasteiger partial charge in [0.15, 0.2) is 0 Å². The van der Waals surface area contributed by atoms with E-state index in [0.29, 0.717) is 12.0 Å². The van der Waals surface area contributed by atoms with Gasteiger partial charge in [-0.2, -0.15) is 0 Å². The van der Waals surface area contributed by atoms with E-state index < -0.39 is 0 Å². The van der Waals surface area contributed by atoms with Gasteiger partial charge in [-0.1, -0.05) is 22.9 Å². The Bertz CT molecular complexity index is 411. The van der Waals surface area contributed by atoms with Crippen LogP contribution in [0, 0.1) is 11.7 Å². The smallest absolute Gasteiger partial charge is 0.123 e. The highest BCUT2D eigenvalue weighted by molar-refractivity contribution is 9.10. The monoisotopic (exact) mass is 328 g/mol. The van der Waals surface area contributed by atoms with Crippen molar-refractivity contribution in [2.75, 3.05) is 26.7 Å². The van der Waals surface area contributed by atoms with Crippen LogP contribution in [0.3, 0.4) is 0 Å². The summed E-state index contributed by atoms with van der Waals surface area (Å²) in [6, 6.07) is 5.34. The molecule has 106 valence electrons. The second kappa shape index (κ2) is 6.82. The van der Waals surface area contributed by atoms with Gasteiger partial charge < -0.3 is 5.32 Å². The molecular formula is C15H22BrFN2. The number of nitrogens with zero attached hydrogens (tertiary/aromatic N) is 1. The normalized spacial score (nSPS) is 24.0. The number of benzene rings is 1. The van der Waals surface area contributed by atoms with Crippen LogP contribution < -0.4 is 5.32 Å². The van der Waals surface area contributed by atoms with Crippen LogP contribution in [0.25, 0.3) is 0 Å². The molecule has 1 heterocycles. The molecule has 1 aromatic carbocycles. The Hall–Kier alpha value is -0.450. The van der Waals surface area contributed by atoms with E-state index in [1.165, 1.54) is 12.5 Å². The fourth-order valence-corrected chi connectivity index (χ4v) is 3.61. The fourth-order valence-electron chi connectivity index (χ4n) is 3.13. The van der Waals surface area contributed by atoms with E-state index in [1.807, 2.05) is 13.1 Å². The number of hydrogen-bond donors (Lipinski definition) is 1. The van der Waals surface area contributed by atoms with E-state index in [1.54, 1.807) is 6.07 Å². The van der Waals surface area contributed by atoms with Crippen molar-refractivity contribution in [2.45, 2.75) is 25.8 Å². The zero-order chi connectivity index (χ0) is 13.8. The number of hydrogen-bond acceptors (Lipinski definition) is 2. The van der Waals surface area contributed by atoms with Gasteiger partial charge in [0.2, 0.25) is 0 Å². The summed E-state index contributed by atoms with van der Waals surface area (Å²) < 4.78 is 14.6. The zero-order valence-corrected chi connectivity index (χ0v) is 13.2. The van der Waals surface area contributed by atoms with Crippen molar-refractivity contribution in [3.05, 3.63) is 34.1 Å². The molecule has 1 saturated heterocycles. The summed E-state index contributed by atoms with van der Waals surface area (Å²) in [6.07, 6.45) is 2.31. The van der Waals surface area contributed by atoms with Crippen molar-refractivity contribution >= 4 is 15.9 Å². The minimum absolute atomic E-state index is 0.148. The first-order chi connectivity index (χ1) is 9.17. The fraction of sp³-hybridized carbons (Fsp3) is 0.600. The Balaban J connectivity index is 2.31. The molecule has 2 atom stereocenters. The van der Waals surface area contributed by atoms with Crippen LogP contribution in [0.4, 0.5) is 4.39 Å². The number of rotatable bonds is 5. The van der Waals surface area contributed by atoms with Gasteiger partial charge >= 0.3 is 0 Å². The number of nitrogens with one attached hydrogen (secondary N) is 1. The standard InChI is InChI=1S/C15H22BrFN2/c1-3-7-19-8-6-11(10-18-2)15(19)13-9-12(17)4-5-14(13)16/h4-5,9,11,15,18H,3,6-8,10H2,1-2H3. The summed E-state index contributed by atoms with van der Waals surface area (Å²) in [4.78, 5) is 2.49. The highest BCUT2D eigenvalue weighted by Gasteiger charge is 2.35. The topological polar surface area (TPSA) is 15.3 Å². The maximum Gasteiger partial charge on any atom is 0.123 e. The Kier molecular flexibility index (Phi) is 5.37. The molecule has 0 saturated carbocycles. The maximum absolute atomic E-state index is 13.6. The molecule has 19 heavy (non-hydrogen) atoms. The van der Waals surface area contributed by atoms with Crippen LogP contribution in [-0.2, 0) is 0 Å². The summed E-state index contributed by atoms with van der Waals surface area (Å²) in [5.41, 5.74) is 1.09. The van der Waals surface area contributed by atoms with Crippen LogP contribution in [-0.4, -0.2) is 31.6 Å². The largest absolute Gasteiger partial charge is 0.319 e. The van der Waals surface area contributed by atoms with Gasteiger partial charge in [0.05, 0.1) is 0 Å². The first kappa shape index (κ1) is 14.9. The van der Waals surface area contributed by atoms with Gasteiger partial charge in [0.25, 0.3) is 0 Å². The first-order valence-corrected chi connectivity index (χ1v) is 7.80. The third kappa shape index (κ3) is 3.36. The minimum atomic E-state index is -0.148. The molecule has 0 aromatic heterocycles. The molecule has 1 fully saturated rings. The van der Waals surface area contributed by atoms with Gasteiger partial charge in [-0.15, -0.1) is 0 Å². The molecule has 2 nitrogen and oxygen atoms in total. The SMILES string of the molecule is CCCN1CCC(CNC)C1c1cc(F)ccc1Br. The van der Waals surface area contributed by atoms with E-state index in [0.717, 1.165) is 36.1 Å². The highest BCUT2D eigenvalue weighted by Crippen LogP contribution is 2.40. The lowest BCUT2D eigenvalue weighted by molar-refractivity contribution is 0.226. The molecule has 0 amide bonds. The van der Waals surface area contributed by atoms with Crippen LogP contribution in [0.2, 0.25) is 0 Å². The maximum atomic E-state index is 13.6. The average Bonchev–Trinajstić information content (AvgIpc) is 2.76. The van der Waals surface area contributed by atoms with Gasteiger partial charge in [-0.25, -0.2) is 4.39 Å². The molecule has 0 aliphatic carbocycles. The van der Waals surface area contributed by atoms with Crippen LogP contribution >= 0.6 is 15.9 Å². The Morgan fingerprint density at radius 1 is 1.47 bits per heavy atom. The average molecular weight is 329 g/mol. The van der Waals surface area contributed by atoms with Crippen molar-refractivity contribution < 1.29 is 4.39 Å². The summed E-state index contributed by atoms with van der Waals surface area (Å²) in [7, 11) is 1.99. The third-order valence-corrected chi connectivity index (χ3v) is 4.60. The molecule has 1 aliphatic heterocycles. The molecule has 1 N–H and O–H groups in total. The van der Waals surface area contributed by atoms with E-state index >= 15 is 0 Å². The van der Waals surface area contributed by atoms with Crippen molar-refractivity contribution in [2.24, 2.45) is 5.92 Å². The Labute approximate surface area is 123 Å². The van der Waals surface area contributed by atoms with Gasteiger partial charge in [0.1, 0.15) is 5.82 Å². The molecule has 2 rings (SSSR count). The van der Waals surface area contributed by atoms with Crippen LogP contribution in [0.15, 0.2) is 22.7 Å². The lowest BCUT2D eigenvalue weighted by Crippen LogP contribution is -2.30. The predicted molar refractivity (Wildman–Crippen MR) is 80.7 cm³/mol. The van der Waals surface area contributed by atoms with Crippen molar-refractivity contribution in [3.63, 3.8) is 0 Å². The molecule has 4 heteroatoms. The van der Waals surface area contributed by atoms with E-state index in [4.69, 9.17) is 0 Å². The summed E-state index contributed by atoms with van der Waals surface area (Å²) in [5, 5.41) is 3.27. The molecule has 0 bridgehead atoms. The third-order valence-electron chi connectivity index (χ3n) is 3.88. The van der Waals surface area contributed by atoms with Gasteiger partial charge in [0, 0.05) is 10.5 Å². The molecule has 2 unspecified atom stereocenters. The predicted octanol–water partition coefficient (Wildman–Crippen LogP) is 3.58. The lowest BCUT2D eigenvalue weighted by Gasteiger charge is -2.29. The zero-order valence-electron chi connectivity index (χ0n) is 11.6. The van der Waals surface area contributed by atoms with Crippen molar-refractivity contribution in [1.29, 1.82) is 0 Å². The molecule has 1 aliphatic rings. The first-order valence-electron chi connectivity index (χ1n) is 7.01. The van der Waals surface area contributed by atoms with E-state index in [9.17, 15) is 4.39 Å². The second-order valence-electron chi connectivity index (χ2n) is 5.25. The summed E-state index contributed by atoms with van der Waals surface area (Å²) in [5.74, 6) is 0.402. The Morgan fingerprint density at radius 2 is 2.26 bits per heavy atom. The van der Waals surface area contributed by atoms with Crippen LogP contribution in [0.5, 0.6) is 0 Å². The second-order valence-corrected chi connectivity index (χ2v) is 6.11. The minimum Gasteiger partial charge on any atom is -0.319 e. The van der Waals surface area contributed by atoms with Crippen molar-refractivity contribution in [1.82, 2.24) is 10.2 Å². The molecule has 0 spiro atoms. The molecular weight excluding hydrogens is 307 g/mol. The molecule has 1 aromatic rings. The van der Waals surface area contributed by atoms with E-state index in [2.05, 4.69) is 33.1 Å². The van der Waals surface area contributed by atoms with Gasteiger partial charge in [-0.3, -0.25) is 4.90 Å². The van der Waals surface area contributed by atoms with Crippen molar-refractivity contribution in [3.8, 4) is 0 Å². The number of halogens is 2. The van der Waals surface area contributed by atoms with Crippen LogP contribution in [0.1, 0.15) is 31.4 Å². The molecule has 0 radical (unpaired) electrons. The number of likely N-dealkylation sites (tertiary alicyclic amines) is 1. The quantitative estimate of drug-likeness (QED) is 0.888. The lowest BCUT2D eigenvalue weighted by atomic mass is 9.93.